The van der Waals surface area contributed by atoms with Gasteiger partial charge >= 0.3 is 0 Å². The number of methoxy groups -OCH3 is 1. The Morgan fingerprint density at radius 1 is 1.26 bits per heavy atom. The minimum atomic E-state index is 0.0489. The third-order valence-corrected chi connectivity index (χ3v) is 2.62. The summed E-state index contributed by atoms with van der Waals surface area (Å²) in [7, 11) is 3.41. The van der Waals surface area contributed by atoms with E-state index in [2.05, 4.69) is 5.32 Å². The van der Waals surface area contributed by atoms with Crippen LogP contribution in [-0.2, 0) is 9.53 Å². The second kappa shape index (κ2) is 9.35. The number of likely N-dealkylation sites (N-methyl/N-ethyl adjacent to an activating group) is 1. The fourth-order valence-corrected chi connectivity index (χ4v) is 1.45. The molecule has 1 N–H and O–H groups in total. The Hall–Kier alpha value is -1.59. The summed E-state index contributed by atoms with van der Waals surface area (Å²) in [5.41, 5.74) is 0. The van der Waals surface area contributed by atoms with Crippen molar-refractivity contribution in [2.75, 3.05) is 47.0 Å². The van der Waals surface area contributed by atoms with E-state index in [0.29, 0.717) is 32.8 Å². The number of amides is 1. The average Bonchev–Trinajstić information content (AvgIpc) is 2.44. The molecular formula is C14H22N2O3. The van der Waals surface area contributed by atoms with E-state index in [1.54, 1.807) is 19.1 Å². The Balaban J connectivity index is 2.12. The van der Waals surface area contributed by atoms with Crippen molar-refractivity contribution in [3.8, 4) is 5.75 Å². The topological polar surface area (TPSA) is 50.8 Å². The Bertz CT molecular complexity index is 357. The summed E-state index contributed by atoms with van der Waals surface area (Å²) < 4.78 is 10.4. The smallest absolute Gasteiger partial charge is 0.236 e. The van der Waals surface area contributed by atoms with Crippen molar-refractivity contribution >= 4 is 5.91 Å². The number of nitrogens with zero attached hydrogens (tertiary/aromatic N) is 1. The molecule has 1 aromatic rings. The maximum atomic E-state index is 11.7. The zero-order valence-electron chi connectivity index (χ0n) is 11.6. The summed E-state index contributed by atoms with van der Waals surface area (Å²) in [6.07, 6.45) is 0. The van der Waals surface area contributed by atoms with Gasteiger partial charge in [-0.1, -0.05) is 18.2 Å². The molecule has 0 aromatic heterocycles. The van der Waals surface area contributed by atoms with Crippen LogP contribution in [0.2, 0.25) is 0 Å². The van der Waals surface area contributed by atoms with Crippen LogP contribution in [0.5, 0.6) is 5.75 Å². The highest BCUT2D eigenvalue weighted by atomic mass is 16.5. The monoisotopic (exact) mass is 266 g/mol. The highest BCUT2D eigenvalue weighted by molar-refractivity contribution is 5.77. The molecule has 0 radical (unpaired) electrons. The second-order valence-electron chi connectivity index (χ2n) is 4.15. The predicted octanol–water partition coefficient (Wildman–Crippen LogP) is 0.760. The Morgan fingerprint density at radius 2 is 2.00 bits per heavy atom. The standard InChI is InChI=1S/C14H22N2O3/c1-16(14(17)12-15-8-10-18-2)9-11-19-13-6-4-3-5-7-13/h3-7,15H,8-12H2,1-2H3. The summed E-state index contributed by atoms with van der Waals surface area (Å²) in [4.78, 5) is 13.4. The lowest BCUT2D eigenvalue weighted by molar-refractivity contribution is -0.129. The minimum absolute atomic E-state index is 0.0489. The highest BCUT2D eigenvalue weighted by Gasteiger charge is 2.07. The van der Waals surface area contributed by atoms with E-state index in [1.807, 2.05) is 30.3 Å². The normalized spacial score (nSPS) is 10.2. The average molecular weight is 266 g/mol. The molecule has 0 aliphatic carbocycles. The van der Waals surface area contributed by atoms with Crippen LogP contribution in [0.4, 0.5) is 0 Å². The number of hydrogen-bond donors (Lipinski definition) is 1. The lowest BCUT2D eigenvalue weighted by Crippen LogP contribution is -2.38. The quantitative estimate of drug-likeness (QED) is 0.670. The number of benzene rings is 1. The Morgan fingerprint density at radius 3 is 2.68 bits per heavy atom. The molecule has 1 aromatic carbocycles. The van der Waals surface area contributed by atoms with Crippen LogP contribution in [0.25, 0.3) is 0 Å². The molecule has 0 bridgehead atoms. The van der Waals surface area contributed by atoms with Gasteiger partial charge in [-0.15, -0.1) is 0 Å². The first-order chi connectivity index (χ1) is 9.24. The molecule has 1 amide bonds. The van der Waals surface area contributed by atoms with E-state index in [9.17, 15) is 4.79 Å². The van der Waals surface area contributed by atoms with Gasteiger partial charge in [0.25, 0.3) is 0 Å². The molecule has 0 heterocycles. The number of para-hydroxylation sites is 1. The largest absolute Gasteiger partial charge is 0.492 e. The molecule has 106 valence electrons. The third-order valence-electron chi connectivity index (χ3n) is 2.62. The Labute approximate surface area is 114 Å². The van der Waals surface area contributed by atoms with Gasteiger partial charge in [-0.05, 0) is 12.1 Å². The number of nitrogens with one attached hydrogen (secondary N) is 1. The van der Waals surface area contributed by atoms with Gasteiger partial charge in [0.05, 0.1) is 19.7 Å². The summed E-state index contributed by atoms with van der Waals surface area (Å²) in [6.45, 7) is 2.67. The van der Waals surface area contributed by atoms with Crippen LogP contribution in [0.3, 0.4) is 0 Å². The van der Waals surface area contributed by atoms with E-state index in [1.165, 1.54) is 0 Å². The van der Waals surface area contributed by atoms with Crippen LogP contribution in [-0.4, -0.2) is 57.8 Å². The van der Waals surface area contributed by atoms with Crippen molar-refractivity contribution in [1.82, 2.24) is 10.2 Å². The van der Waals surface area contributed by atoms with Crippen molar-refractivity contribution in [2.45, 2.75) is 0 Å². The number of rotatable bonds is 9. The third kappa shape index (κ3) is 6.79. The van der Waals surface area contributed by atoms with Crippen molar-refractivity contribution < 1.29 is 14.3 Å². The van der Waals surface area contributed by atoms with E-state index in [4.69, 9.17) is 9.47 Å². The van der Waals surface area contributed by atoms with E-state index in [0.717, 1.165) is 5.75 Å². The van der Waals surface area contributed by atoms with Crippen LogP contribution in [0, 0.1) is 0 Å². The van der Waals surface area contributed by atoms with Crippen molar-refractivity contribution in [2.24, 2.45) is 0 Å². The summed E-state index contributed by atoms with van der Waals surface area (Å²) in [5, 5.41) is 3.02. The van der Waals surface area contributed by atoms with Crippen molar-refractivity contribution in [3.63, 3.8) is 0 Å². The van der Waals surface area contributed by atoms with Gasteiger partial charge < -0.3 is 19.7 Å². The van der Waals surface area contributed by atoms with Gasteiger partial charge in [-0.2, -0.15) is 0 Å². The molecule has 0 atom stereocenters. The van der Waals surface area contributed by atoms with Gasteiger partial charge in [-0.25, -0.2) is 0 Å². The molecule has 5 heteroatoms. The van der Waals surface area contributed by atoms with Crippen LogP contribution < -0.4 is 10.1 Å². The molecule has 0 saturated carbocycles. The van der Waals surface area contributed by atoms with E-state index < -0.39 is 0 Å². The molecule has 0 spiro atoms. The van der Waals surface area contributed by atoms with Crippen LogP contribution in [0.1, 0.15) is 0 Å². The maximum Gasteiger partial charge on any atom is 0.236 e. The lowest BCUT2D eigenvalue weighted by atomic mass is 10.3. The zero-order valence-corrected chi connectivity index (χ0v) is 11.6. The molecule has 19 heavy (non-hydrogen) atoms. The predicted molar refractivity (Wildman–Crippen MR) is 74.3 cm³/mol. The van der Waals surface area contributed by atoms with Gasteiger partial charge in [0.1, 0.15) is 12.4 Å². The molecular weight excluding hydrogens is 244 g/mol. The number of carbonyl (C=O) groups is 1. The SMILES string of the molecule is COCCNCC(=O)N(C)CCOc1ccccc1. The number of ether oxygens (including phenoxy) is 2. The first kappa shape index (κ1) is 15.5. The van der Waals surface area contributed by atoms with Crippen LogP contribution >= 0.6 is 0 Å². The van der Waals surface area contributed by atoms with E-state index >= 15 is 0 Å². The fraction of sp³-hybridized carbons (Fsp3) is 0.500. The molecule has 0 saturated heterocycles. The molecule has 0 fully saturated rings. The summed E-state index contributed by atoms with van der Waals surface area (Å²) in [6, 6.07) is 9.57. The van der Waals surface area contributed by atoms with Crippen molar-refractivity contribution in [1.29, 1.82) is 0 Å². The lowest BCUT2D eigenvalue weighted by Gasteiger charge is -2.17. The van der Waals surface area contributed by atoms with Gasteiger partial charge in [0.2, 0.25) is 5.91 Å². The molecule has 0 aliphatic heterocycles. The Kier molecular flexibility index (Phi) is 7.62. The van der Waals surface area contributed by atoms with Crippen LogP contribution in [0.15, 0.2) is 30.3 Å². The molecule has 1 rings (SSSR count). The molecule has 0 unspecified atom stereocenters. The second-order valence-corrected chi connectivity index (χ2v) is 4.15. The van der Waals surface area contributed by atoms with Gasteiger partial charge in [-0.3, -0.25) is 4.79 Å². The van der Waals surface area contributed by atoms with Gasteiger partial charge in [0, 0.05) is 20.7 Å². The molecule has 0 aliphatic rings. The number of carbonyl (C=O) groups excluding carboxylic acids is 1. The zero-order chi connectivity index (χ0) is 13.9. The first-order valence-electron chi connectivity index (χ1n) is 6.35. The summed E-state index contributed by atoms with van der Waals surface area (Å²) >= 11 is 0. The minimum Gasteiger partial charge on any atom is -0.492 e. The number of hydrogen-bond acceptors (Lipinski definition) is 4. The first-order valence-corrected chi connectivity index (χ1v) is 6.35. The summed E-state index contributed by atoms with van der Waals surface area (Å²) in [5.74, 6) is 0.870. The van der Waals surface area contributed by atoms with Crippen molar-refractivity contribution in [3.05, 3.63) is 30.3 Å². The van der Waals surface area contributed by atoms with E-state index in [-0.39, 0.29) is 5.91 Å². The maximum absolute atomic E-state index is 11.7. The fourth-order valence-electron chi connectivity index (χ4n) is 1.45. The highest BCUT2D eigenvalue weighted by Crippen LogP contribution is 2.07. The molecule has 5 nitrogen and oxygen atoms in total. The van der Waals surface area contributed by atoms with Gasteiger partial charge in [0.15, 0.2) is 0 Å².